The summed E-state index contributed by atoms with van der Waals surface area (Å²) in [4.78, 5) is 0. The molecule has 0 aliphatic carbocycles. The molecule has 0 radical (unpaired) electrons. The van der Waals surface area contributed by atoms with Crippen molar-refractivity contribution in [3.63, 3.8) is 0 Å². The van der Waals surface area contributed by atoms with Crippen molar-refractivity contribution in [2.75, 3.05) is 0 Å². The Morgan fingerprint density at radius 3 is 2.48 bits per heavy atom. The molecule has 2 aromatic carbocycles. The molecular formula is C15H14BrF3N2. The molecule has 21 heavy (non-hydrogen) atoms. The summed E-state index contributed by atoms with van der Waals surface area (Å²) in [6.45, 7) is 1.53. The molecule has 0 saturated carbocycles. The smallest absolute Gasteiger partial charge is 0.130 e. The lowest BCUT2D eigenvalue weighted by Crippen LogP contribution is -2.30. The van der Waals surface area contributed by atoms with E-state index in [0.29, 0.717) is 15.6 Å². The maximum atomic E-state index is 13.9. The molecule has 0 spiro atoms. The molecule has 0 saturated heterocycles. The predicted octanol–water partition coefficient (Wildman–Crippen LogP) is 3.92. The quantitative estimate of drug-likeness (QED) is 0.642. The van der Waals surface area contributed by atoms with Gasteiger partial charge in [-0.05, 0) is 48.7 Å². The lowest BCUT2D eigenvalue weighted by molar-refractivity contribution is 0.491. The second-order valence-electron chi connectivity index (χ2n) is 4.78. The van der Waals surface area contributed by atoms with Crippen molar-refractivity contribution < 1.29 is 13.2 Å². The number of hydrazine groups is 1. The van der Waals surface area contributed by atoms with E-state index in [0.717, 1.165) is 6.07 Å². The highest BCUT2D eigenvalue weighted by Crippen LogP contribution is 2.26. The minimum absolute atomic E-state index is 0.143. The van der Waals surface area contributed by atoms with Crippen molar-refractivity contribution in [2.45, 2.75) is 19.4 Å². The number of nitrogens with two attached hydrogens (primary N) is 1. The van der Waals surface area contributed by atoms with Crippen LogP contribution in [0, 0.1) is 24.4 Å². The monoisotopic (exact) mass is 358 g/mol. The van der Waals surface area contributed by atoms with E-state index in [1.165, 1.54) is 19.1 Å². The van der Waals surface area contributed by atoms with Crippen molar-refractivity contribution in [3.05, 3.63) is 68.9 Å². The van der Waals surface area contributed by atoms with Crippen LogP contribution in [0.15, 0.2) is 34.8 Å². The highest BCUT2D eigenvalue weighted by Gasteiger charge is 2.19. The van der Waals surface area contributed by atoms with Gasteiger partial charge in [0, 0.05) is 16.1 Å². The standard InChI is InChI=1S/C15H14BrF3N2/c1-8-4-11(14(19)7-13(8)18)15(21-20)6-9-5-10(16)2-3-12(9)17/h2-5,7,15,21H,6,20H2,1H3. The summed E-state index contributed by atoms with van der Waals surface area (Å²) in [6.07, 6.45) is 0.143. The molecule has 0 aliphatic heterocycles. The first kappa shape index (κ1) is 16.0. The Kier molecular flexibility index (Phi) is 5.03. The molecule has 1 unspecified atom stereocenters. The molecule has 0 amide bonds. The number of aryl methyl sites for hydroxylation is 1. The fraction of sp³-hybridized carbons (Fsp3) is 0.200. The number of nitrogens with one attached hydrogen (secondary N) is 1. The van der Waals surface area contributed by atoms with E-state index < -0.39 is 23.5 Å². The molecular weight excluding hydrogens is 345 g/mol. The largest absolute Gasteiger partial charge is 0.271 e. The van der Waals surface area contributed by atoms with Crippen LogP contribution in [-0.2, 0) is 6.42 Å². The minimum Gasteiger partial charge on any atom is -0.271 e. The lowest BCUT2D eigenvalue weighted by Gasteiger charge is -2.18. The van der Waals surface area contributed by atoms with Gasteiger partial charge in [-0.3, -0.25) is 11.3 Å². The summed E-state index contributed by atoms with van der Waals surface area (Å²) >= 11 is 3.26. The number of rotatable bonds is 4. The average molecular weight is 359 g/mol. The summed E-state index contributed by atoms with van der Waals surface area (Å²) in [5.74, 6) is 3.71. The van der Waals surface area contributed by atoms with E-state index in [4.69, 9.17) is 5.84 Å². The van der Waals surface area contributed by atoms with Gasteiger partial charge in [-0.25, -0.2) is 13.2 Å². The Bertz CT molecular complexity index is 662. The molecule has 2 aromatic rings. The summed E-state index contributed by atoms with van der Waals surface area (Å²) < 4.78 is 41.7. The molecule has 3 N–H and O–H groups in total. The van der Waals surface area contributed by atoms with Crippen LogP contribution in [-0.4, -0.2) is 0 Å². The minimum atomic E-state index is -0.712. The lowest BCUT2D eigenvalue weighted by atomic mass is 9.97. The van der Waals surface area contributed by atoms with E-state index in [1.54, 1.807) is 12.1 Å². The number of hydrogen-bond donors (Lipinski definition) is 2. The van der Waals surface area contributed by atoms with E-state index in [9.17, 15) is 13.2 Å². The Hall–Kier alpha value is -1.37. The third-order valence-corrected chi connectivity index (χ3v) is 3.78. The van der Waals surface area contributed by atoms with Gasteiger partial charge >= 0.3 is 0 Å². The van der Waals surface area contributed by atoms with Gasteiger partial charge in [0.05, 0.1) is 6.04 Å². The molecule has 112 valence electrons. The summed E-state index contributed by atoms with van der Waals surface area (Å²) in [7, 11) is 0. The zero-order valence-electron chi connectivity index (χ0n) is 11.3. The average Bonchev–Trinajstić information content (AvgIpc) is 2.44. The SMILES string of the molecule is Cc1cc(C(Cc2cc(Br)ccc2F)NN)c(F)cc1F. The van der Waals surface area contributed by atoms with Crippen LogP contribution >= 0.6 is 15.9 Å². The highest BCUT2D eigenvalue weighted by molar-refractivity contribution is 9.10. The Morgan fingerprint density at radius 2 is 1.81 bits per heavy atom. The van der Waals surface area contributed by atoms with Crippen molar-refractivity contribution in [2.24, 2.45) is 5.84 Å². The van der Waals surface area contributed by atoms with Gasteiger partial charge in [0.1, 0.15) is 17.5 Å². The zero-order valence-corrected chi connectivity index (χ0v) is 12.8. The molecule has 0 fully saturated rings. The molecule has 2 rings (SSSR count). The van der Waals surface area contributed by atoms with Crippen LogP contribution in [0.3, 0.4) is 0 Å². The molecule has 0 bridgehead atoms. The van der Waals surface area contributed by atoms with Crippen molar-refractivity contribution in [3.8, 4) is 0 Å². The normalized spacial score (nSPS) is 12.5. The first-order chi connectivity index (χ1) is 9.92. The predicted molar refractivity (Wildman–Crippen MR) is 79.0 cm³/mol. The second kappa shape index (κ2) is 6.60. The van der Waals surface area contributed by atoms with Crippen molar-refractivity contribution in [1.82, 2.24) is 5.43 Å². The number of halogens is 4. The van der Waals surface area contributed by atoms with Gasteiger partial charge in [0.2, 0.25) is 0 Å². The molecule has 1 atom stereocenters. The number of hydrogen-bond acceptors (Lipinski definition) is 2. The van der Waals surface area contributed by atoms with Crippen LogP contribution in [0.5, 0.6) is 0 Å². The third kappa shape index (κ3) is 3.64. The first-order valence-corrected chi connectivity index (χ1v) is 7.07. The second-order valence-corrected chi connectivity index (χ2v) is 5.70. The Balaban J connectivity index is 2.36. The summed E-state index contributed by atoms with van der Waals surface area (Å²) in [5.41, 5.74) is 3.35. The fourth-order valence-corrected chi connectivity index (χ4v) is 2.53. The summed E-state index contributed by atoms with van der Waals surface area (Å²) in [5, 5.41) is 0. The van der Waals surface area contributed by atoms with E-state index in [-0.39, 0.29) is 12.0 Å². The highest BCUT2D eigenvalue weighted by atomic mass is 79.9. The first-order valence-electron chi connectivity index (χ1n) is 6.28. The van der Waals surface area contributed by atoms with Crippen LogP contribution < -0.4 is 11.3 Å². The molecule has 0 aromatic heterocycles. The van der Waals surface area contributed by atoms with E-state index in [1.807, 2.05) is 0 Å². The Labute approximate surface area is 129 Å². The zero-order chi connectivity index (χ0) is 15.6. The van der Waals surface area contributed by atoms with Gasteiger partial charge in [-0.1, -0.05) is 15.9 Å². The van der Waals surface area contributed by atoms with Crippen LogP contribution in [0.4, 0.5) is 13.2 Å². The maximum absolute atomic E-state index is 13.9. The maximum Gasteiger partial charge on any atom is 0.130 e. The van der Waals surface area contributed by atoms with Crippen LogP contribution in [0.25, 0.3) is 0 Å². The van der Waals surface area contributed by atoms with Gasteiger partial charge < -0.3 is 0 Å². The summed E-state index contributed by atoms with van der Waals surface area (Å²) in [6, 6.07) is 6.03. The van der Waals surface area contributed by atoms with Crippen molar-refractivity contribution in [1.29, 1.82) is 0 Å². The Morgan fingerprint density at radius 1 is 1.10 bits per heavy atom. The molecule has 0 heterocycles. The molecule has 0 aliphatic rings. The van der Waals surface area contributed by atoms with Gasteiger partial charge in [0.15, 0.2) is 0 Å². The van der Waals surface area contributed by atoms with Crippen LogP contribution in [0.2, 0.25) is 0 Å². The van der Waals surface area contributed by atoms with Gasteiger partial charge in [0.25, 0.3) is 0 Å². The van der Waals surface area contributed by atoms with Crippen molar-refractivity contribution >= 4 is 15.9 Å². The van der Waals surface area contributed by atoms with E-state index >= 15 is 0 Å². The van der Waals surface area contributed by atoms with Crippen LogP contribution in [0.1, 0.15) is 22.7 Å². The third-order valence-electron chi connectivity index (χ3n) is 3.29. The molecule has 2 nitrogen and oxygen atoms in total. The van der Waals surface area contributed by atoms with E-state index in [2.05, 4.69) is 21.4 Å². The van der Waals surface area contributed by atoms with Gasteiger partial charge in [-0.2, -0.15) is 0 Å². The van der Waals surface area contributed by atoms with Gasteiger partial charge in [-0.15, -0.1) is 0 Å². The number of benzene rings is 2. The fourth-order valence-electron chi connectivity index (χ4n) is 2.12. The molecule has 6 heteroatoms. The topological polar surface area (TPSA) is 38.0 Å².